The van der Waals surface area contributed by atoms with Gasteiger partial charge >= 0.3 is 5.97 Å². The highest BCUT2D eigenvalue weighted by Gasteiger charge is 2.32. The highest BCUT2D eigenvalue weighted by atomic mass is 32.2. The van der Waals surface area contributed by atoms with Gasteiger partial charge in [-0.1, -0.05) is 24.3 Å². The number of hydrogen-bond acceptors (Lipinski definition) is 9. The van der Waals surface area contributed by atoms with Gasteiger partial charge < -0.3 is 42.1 Å². The second-order valence-corrected chi connectivity index (χ2v) is 10.3. The maximum atomic E-state index is 13.3. The van der Waals surface area contributed by atoms with Crippen LogP contribution in [0.15, 0.2) is 48.5 Å². The van der Waals surface area contributed by atoms with Crippen LogP contribution in [0.4, 0.5) is 0 Å². The maximum Gasteiger partial charge on any atom is 0.326 e. The number of nitrogens with two attached hydrogens (primary N) is 1. The average molecular weight is 577 g/mol. The number of phenols is 2. The highest BCUT2D eigenvalue weighted by molar-refractivity contribution is 7.98. The number of aliphatic hydroxyl groups excluding tert-OH is 1. The molecule has 0 aliphatic rings. The van der Waals surface area contributed by atoms with Crippen molar-refractivity contribution in [3.05, 3.63) is 59.7 Å². The second kappa shape index (κ2) is 15.7. The Hall–Kier alpha value is -3.81. The van der Waals surface area contributed by atoms with Crippen molar-refractivity contribution in [2.45, 2.75) is 56.5 Å². The van der Waals surface area contributed by atoms with Crippen molar-refractivity contribution >= 4 is 35.5 Å². The Kier molecular flexibility index (Phi) is 12.7. The molecule has 0 aromatic heterocycles. The molecule has 0 spiro atoms. The quantitative estimate of drug-likeness (QED) is 0.141. The van der Waals surface area contributed by atoms with Crippen LogP contribution in [0.5, 0.6) is 11.5 Å². The van der Waals surface area contributed by atoms with E-state index in [2.05, 4.69) is 16.0 Å². The van der Waals surface area contributed by atoms with E-state index in [-0.39, 0.29) is 30.8 Å². The minimum Gasteiger partial charge on any atom is -0.508 e. The summed E-state index contributed by atoms with van der Waals surface area (Å²) < 4.78 is 0. The van der Waals surface area contributed by atoms with Crippen molar-refractivity contribution in [1.82, 2.24) is 16.0 Å². The van der Waals surface area contributed by atoms with Crippen LogP contribution >= 0.6 is 11.8 Å². The summed E-state index contributed by atoms with van der Waals surface area (Å²) in [5.74, 6) is -3.08. The van der Waals surface area contributed by atoms with Crippen molar-refractivity contribution < 1.29 is 39.6 Å². The van der Waals surface area contributed by atoms with Gasteiger partial charge in [0.2, 0.25) is 17.7 Å². The van der Waals surface area contributed by atoms with E-state index < -0.39 is 54.0 Å². The van der Waals surface area contributed by atoms with Crippen molar-refractivity contribution in [2.75, 3.05) is 12.0 Å². The molecule has 13 heteroatoms. The molecule has 218 valence electrons. The molecule has 5 unspecified atom stereocenters. The first-order valence-corrected chi connectivity index (χ1v) is 13.9. The second-order valence-electron chi connectivity index (χ2n) is 9.32. The summed E-state index contributed by atoms with van der Waals surface area (Å²) in [6.07, 6.45) is 0.620. The summed E-state index contributed by atoms with van der Waals surface area (Å²) in [5, 5.41) is 46.0. The molecule has 0 heterocycles. The fourth-order valence-corrected chi connectivity index (χ4v) is 4.22. The zero-order valence-corrected chi connectivity index (χ0v) is 23.1. The first-order chi connectivity index (χ1) is 18.9. The van der Waals surface area contributed by atoms with Crippen LogP contribution in [0.3, 0.4) is 0 Å². The molecule has 12 nitrogen and oxygen atoms in total. The van der Waals surface area contributed by atoms with Gasteiger partial charge in [0.25, 0.3) is 0 Å². The number of benzene rings is 2. The molecule has 0 saturated carbocycles. The lowest BCUT2D eigenvalue weighted by molar-refractivity contribution is -0.143. The van der Waals surface area contributed by atoms with Gasteiger partial charge in [0.05, 0.1) is 12.1 Å². The zero-order chi connectivity index (χ0) is 29.8. The first kappa shape index (κ1) is 32.4. The van der Waals surface area contributed by atoms with Gasteiger partial charge in [-0.3, -0.25) is 14.4 Å². The smallest absolute Gasteiger partial charge is 0.326 e. The molecular formula is C27H36N4O8S. The van der Waals surface area contributed by atoms with E-state index in [1.807, 2.05) is 0 Å². The Balaban J connectivity index is 2.20. The molecule has 9 N–H and O–H groups in total. The molecule has 0 radical (unpaired) electrons. The average Bonchev–Trinajstić information content (AvgIpc) is 2.90. The number of carboxylic acids is 1. The molecule has 2 rings (SSSR count). The number of rotatable bonds is 15. The standard InChI is InChI=1S/C27H36N4O8S/c1-15(32)23(26(37)29-21(27(38)39)11-12-40-2)31-25(36)22(14-17-5-9-19(34)10-6-17)30-24(35)20(28)13-16-3-7-18(33)8-4-16/h3-10,15,20-23,32-34H,11-14,28H2,1-2H3,(H,29,37)(H,30,35)(H,31,36)(H,38,39). The van der Waals surface area contributed by atoms with Crippen molar-refractivity contribution in [3.8, 4) is 11.5 Å². The van der Waals surface area contributed by atoms with E-state index in [1.165, 1.54) is 43.0 Å². The van der Waals surface area contributed by atoms with Gasteiger partial charge in [-0.25, -0.2) is 4.79 Å². The van der Waals surface area contributed by atoms with Crippen LogP contribution in [0, 0.1) is 0 Å². The number of aliphatic hydroxyl groups is 1. The number of carbonyl (C=O) groups excluding carboxylic acids is 3. The van der Waals surface area contributed by atoms with Gasteiger partial charge in [0, 0.05) is 6.42 Å². The third-order valence-electron chi connectivity index (χ3n) is 6.03. The molecular weight excluding hydrogens is 540 g/mol. The molecule has 2 aromatic rings. The Morgan fingerprint density at radius 2 is 1.30 bits per heavy atom. The van der Waals surface area contributed by atoms with Crippen molar-refractivity contribution in [1.29, 1.82) is 0 Å². The molecule has 0 aliphatic carbocycles. The topological polar surface area (TPSA) is 211 Å². The monoisotopic (exact) mass is 576 g/mol. The van der Waals surface area contributed by atoms with Gasteiger partial charge in [-0.2, -0.15) is 11.8 Å². The Bertz CT molecular complexity index is 1140. The first-order valence-electron chi connectivity index (χ1n) is 12.5. The normalized spacial score (nSPS) is 14.7. The SMILES string of the molecule is CSCCC(NC(=O)C(NC(=O)C(Cc1ccc(O)cc1)NC(=O)C(N)Cc1ccc(O)cc1)C(C)O)C(=O)O. The van der Waals surface area contributed by atoms with Crippen LogP contribution in [-0.2, 0) is 32.0 Å². The third kappa shape index (κ3) is 10.4. The number of carbonyl (C=O) groups is 4. The van der Waals surface area contributed by atoms with E-state index in [4.69, 9.17) is 5.73 Å². The Morgan fingerprint density at radius 1 is 0.800 bits per heavy atom. The van der Waals surface area contributed by atoms with Crippen molar-refractivity contribution in [2.24, 2.45) is 5.73 Å². The van der Waals surface area contributed by atoms with Crippen molar-refractivity contribution in [3.63, 3.8) is 0 Å². The van der Waals surface area contributed by atoms with E-state index >= 15 is 0 Å². The number of aromatic hydroxyl groups is 2. The fraction of sp³-hybridized carbons (Fsp3) is 0.407. The van der Waals surface area contributed by atoms with E-state index in [0.29, 0.717) is 16.9 Å². The Morgan fingerprint density at radius 3 is 1.77 bits per heavy atom. The number of amides is 3. The molecule has 0 saturated heterocycles. The highest BCUT2D eigenvalue weighted by Crippen LogP contribution is 2.13. The summed E-state index contributed by atoms with van der Waals surface area (Å²) in [4.78, 5) is 50.7. The lowest BCUT2D eigenvalue weighted by Crippen LogP contribution is -2.60. The van der Waals surface area contributed by atoms with Gasteiger partial charge in [0.1, 0.15) is 29.6 Å². The largest absolute Gasteiger partial charge is 0.508 e. The lowest BCUT2D eigenvalue weighted by Gasteiger charge is -2.26. The predicted octanol–water partition coefficient (Wildman–Crippen LogP) is -0.117. The summed E-state index contributed by atoms with van der Waals surface area (Å²) in [6, 6.07) is 7.06. The maximum absolute atomic E-state index is 13.3. The molecule has 2 aromatic carbocycles. The van der Waals surface area contributed by atoms with Crippen LogP contribution in [0.2, 0.25) is 0 Å². The van der Waals surface area contributed by atoms with E-state index in [0.717, 1.165) is 0 Å². The third-order valence-corrected chi connectivity index (χ3v) is 6.67. The number of hydrogen-bond donors (Lipinski definition) is 8. The molecule has 5 atom stereocenters. The zero-order valence-electron chi connectivity index (χ0n) is 22.2. The minimum atomic E-state index is -1.51. The summed E-state index contributed by atoms with van der Waals surface area (Å²) >= 11 is 1.40. The van der Waals surface area contributed by atoms with Crippen LogP contribution < -0.4 is 21.7 Å². The lowest BCUT2D eigenvalue weighted by atomic mass is 10.0. The van der Waals surface area contributed by atoms with Crippen LogP contribution in [0.1, 0.15) is 24.5 Å². The molecule has 0 fully saturated rings. The van der Waals surface area contributed by atoms with Crippen LogP contribution in [-0.4, -0.2) is 86.4 Å². The summed E-state index contributed by atoms with van der Waals surface area (Å²) in [6.45, 7) is 1.27. The molecule has 40 heavy (non-hydrogen) atoms. The predicted molar refractivity (Wildman–Crippen MR) is 150 cm³/mol. The Labute approximate surface area is 236 Å². The number of phenolic OH excluding ortho intramolecular Hbond substituents is 2. The molecule has 3 amide bonds. The van der Waals surface area contributed by atoms with Gasteiger partial charge in [-0.15, -0.1) is 0 Å². The van der Waals surface area contributed by atoms with Gasteiger partial charge in [-0.05, 0) is 67.2 Å². The minimum absolute atomic E-state index is 0.00463. The van der Waals surface area contributed by atoms with Crippen LogP contribution in [0.25, 0.3) is 0 Å². The fourth-order valence-electron chi connectivity index (χ4n) is 3.75. The number of carboxylic acid groups (broad SMARTS) is 1. The summed E-state index contributed by atoms with van der Waals surface area (Å²) in [7, 11) is 0. The molecule has 0 bridgehead atoms. The number of nitrogens with one attached hydrogen (secondary N) is 3. The van der Waals surface area contributed by atoms with E-state index in [1.54, 1.807) is 30.5 Å². The number of thioether (sulfide) groups is 1. The van der Waals surface area contributed by atoms with E-state index in [9.17, 15) is 39.6 Å². The summed E-state index contributed by atoms with van der Waals surface area (Å²) in [5.41, 5.74) is 7.33. The van der Waals surface area contributed by atoms with Gasteiger partial charge in [0.15, 0.2) is 0 Å². The molecule has 0 aliphatic heterocycles. The number of aliphatic carboxylic acids is 1.